The average molecular weight is 213 g/mol. The molecule has 1 aliphatic heterocycles. The maximum Gasteiger partial charge on any atom is 0.338 e. The molecule has 0 radical (unpaired) electrons. The molecule has 1 aromatic carbocycles. The number of hydrogen-bond acceptors (Lipinski definition) is 3. The van der Waals surface area contributed by atoms with Gasteiger partial charge in [0.1, 0.15) is 6.10 Å². The second-order valence-corrected chi connectivity index (χ2v) is 3.49. The number of benzene rings is 1. The first-order chi connectivity index (χ1) is 6.72. The molecule has 1 aliphatic rings. The summed E-state index contributed by atoms with van der Waals surface area (Å²) in [5, 5.41) is 0.670. The van der Waals surface area contributed by atoms with E-state index in [0.717, 1.165) is 5.56 Å². The number of ether oxygens (including phenoxy) is 2. The van der Waals surface area contributed by atoms with Crippen molar-refractivity contribution in [2.45, 2.75) is 12.2 Å². The number of carbonyl (C=O) groups excluding carboxylic acids is 1. The fourth-order valence-corrected chi connectivity index (χ4v) is 1.44. The Balaban J connectivity index is 2.06. The smallest absolute Gasteiger partial charge is 0.338 e. The molecule has 1 heterocycles. The van der Waals surface area contributed by atoms with Gasteiger partial charge in [-0.2, -0.15) is 0 Å². The Morgan fingerprint density at radius 1 is 1.43 bits per heavy atom. The van der Waals surface area contributed by atoms with Crippen LogP contribution in [0, 0.1) is 0 Å². The molecule has 1 aromatic rings. The third kappa shape index (κ3) is 1.74. The van der Waals surface area contributed by atoms with Gasteiger partial charge in [-0.3, -0.25) is 0 Å². The standard InChI is InChI=1S/C10H9ClO3/c1-13-10(12)9-8(14-9)6-2-4-7(11)5-3-6/h2-5,8-9H,1H3/t8-,9+/m0/s1. The Morgan fingerprint density at radius 3 is 2.64 bits per heavy atom. The van der Waals surface area contributed by atoms with Crippen molar-refractivity contribution in [3.63, 3.8) is 0 Å². The van der Waals surface area contributed by atoms with Crippen molar-refractivity contribution in [2.75, 3.05) is 7.11 Å². The summed E-state index contributed by atoms with van der Waals surface area (Å²) in [6.07, 6.45) is -0.610. The monoisotopic (exact) mass is 212 g/mol. The van der Waals surface area contributed by atoms with Crippen LogP contribution in [0.2, 0.25) is 5.02 Å². The van der Waals surface area contributed by atoms with E-state index >= 15 is 0 Å². The highest BCUT2D eigenvalue weighted by molar-refractivity contribution is 6.30. The Bertz CT molecular complexity index is 347. The Labute approximate surface area is 86.6 Å². The summed E-state index contributed by atoms with van der Waals surface area (Å²) >= 11 is 5.73. The van der Waals surface area contributed by atoms with Crippen LogP contribution in [0.3, 0.4) is 0 Å². The number of epoxide rings is 1. The number of hydrogen-bond donors (Lipinski definition) is 0. The largest absolute Gasteiger partial charge is 0.467 e. The van der Waals surface area contributed by atoms with Crippen molar-refractivity contribution in [3.05, 3.63) is 34.9 Å². The zero-order chi connectivity index (χ0) is 10.1. The maximum absolute atomic E-state index is 11.1. The number of methoxy groups -OCH3 is 1. The number of rotatable bonds is 2. The van der Waals surface area contributed by atoms with Crippen LogP contribution in [0.25, 0.3) is 0 Å². The van der Waals surface area contributed by atoms with E-state index in [2.05, 4.69) is 4.74 Å². The first-order valence-electron chi connectivity index (χ1n) is 4.21. The van der Waals surface area contributed by atoms with E-state index < -0.39 is 6.10 Å². The summed E-state index contributed by atoms with van der Waals surface area (Å²) in [4.78, 5) is 11.1. The van der Waals surface area contributed by atoms with Gasteiger partial charge >= 0.3 is 5.97 Å². The highest BCUT2D eigenvalue weighted by Crippen LogP contribution is 2.39. The summed E-state index contributed by atoms with van der Waals surface area (Å²) in [5.74, 6) is -0.329. The Hall–Kier alpha value is -1.06. The molecule has 14 heavy (non-hydrogen) atoms. The molecule has 74 valence electrons. The second kappa shape index (κ2) is 3.59. The van der Waals surface area contributed by atoms with Crippen LogP contribution in [0.15, 0.2) is 24.3 Å². The fraction of sp³-hybridized carbons (Fsp3) is 0.300. The van der Waals surface area contributed by atoms with Crippen molar-refractivity contribution < 1.29 is 14.3 Å². The van der Waals surface area contributed by atoms with Crippen molar-refractivity contribution in [2.24, 2.45) is 0 Å². The van der Waals surface area contributed by atoms with E-state index in [-0.39, 0.29) is 12.1 Å². The van der Waals surface area contributed by atoms with Crippen LogP contribution in [-0.4, -0.2) is 19.2 Å². The molecular weight excluding hydrogens is 204 g/mol. The third-order valence-corrected chi connectivity index (χ3v) is 2.38. The zero-order valence-electron chi connectivity index (χ0n) is 7.57. The number of esters is 1. The van der Waals surface area contributed by atoms with E-state index in [1.165, 1.54) is 7.11 Å². The molecule has 0 unspecified atom stereocenters. The lowest BCUT2D eigenvalue weighted by Gasteiger charge is -1.95. The molecule has 0 saturated carbocycles. The molecular formula is C10H9ClO3. The normalized spacial score (nSPS) is 24.4. The lowest BCUT2D eigenvalue weighted by Crippen LogP contribution is -2.09. The van der Waals surface area contributed by atoms with Crippen molar-refractivity contribution in [1.29, 1.82) is 0 Å². The van der Waals surface area contributed by atoms with E-state index in [1.54, 1.807) is 12.1 Å². The predicted molar refractivity (Wildman–Crippen MR) is 51.1 cm³/mol. The molecule has 0 aromatic heterocycles. The summed E-state index contributed by atoms with van der Waals surface area (Å²) in [6, 6.07) is 7.23. The summed E-state index contributed by atoms with van der Waals surface area (Å²) in [5.41, 5.74) is 0.949. The first-order valence-corrected chi connectivity index (χ1v) is 4.59. The molecule has 0 N–H and O–H groups in total. The highest BCUT2D eigenvalue weighted by Gasteiger charge is 2.47. The third-order valence-electron chi connectivity index (χ3n) is 2.12. The molecule has 0 amide bonds. The first kappa shape index (κ1) is 9.49. The molecule has 0 aliphatic carbocycles. The van der Waals surface area contributed by atoms with Gasteiger partial charge in [0, 0.05) is 5.02 Å². The minimum atomic E-state index is -0.443. The molecule has 1 saturated heterocycles. The van der Waals surface area contributed by atoms with E-state index in [0.29, 0.717) is 5.02 Å². The van der Waals surface area contributed by atoms with Crippen molar-refractivity contribution >= 4 is 17.6 Å². The van der Waals surface area contributed by atoms with E-state index in [1.807, 2.05) is 12.1 Å². The minimum Gasteiger partial charge on any atom is -0.467 e. The highest BCUT2D eigenvalue weighted by atomic mass is 35.5. The van der Waals surface area contributed by atoms with Crippen LogP contribution in [0.4, 0.5) is 0 Å². The van der Waals surface area contributed by atoms with Crippen molar-refractivity contribution in [1.82, 2.24) is 0 Å². The van der Waals surface area contributed by atoms with Crippen LogP contribution >= 0.6 is 11.6 Å². The van der Waals surface area contributed by atoms with E-state index in [4.69, 9.17) is 16.3 Å². The molecule has 3 nitrogen and oxygen atoms in total. The molecule has 4 heteroatoms. The average Bonchev–Trinajstić information content (AvgIpc) is 2.98. The number of halogens is 1. The van der Waals surface area contributed by atoms with Gasteiger partial charge in [-0.15, -0.1) is 0 Å². The van der Waals surface area contributed by atoms with Gasteiger partial charge in [-0.05, 0) is 17.7 Å². The summed E-state index contributed by atoms with van der Waals surface area (Å²) < 4.78 is 9.74. The van der Waals surface area contributed by atoms with Crippen LogP contribution in [0.1, 0.15) is 11.7 Å². The van der Waals surface area contributed by atoms with Gasteiger partial charge in [-0.1, -0.05) is 23.7 Å². The second-order valence-electron chi connectivity index (χ2n) is 3.05. The van der Waals surface area contributed by atoms with Gasteiger partial charge < -0.3 is 9.47 Å². The summed E-state index contributed by atoms with van der Waals surface area (Å²) in [7, 11) is 1.35. The number of carbonyl (C=O) groups is 1. The van der Waals surface area contributed by atoms with Crippen LogP contribution in [-0.2, 0) is 14.3 Å². The Kier molecular flexibility index (Phi) is 2.44. The van der Waals surface area contributed by atoms with Crippen LogP contribution in [0.5, 0.6) is 0 Å². The summed E-state index contributed by atoms with van der Waals surface area (Å²) in [6.45, 7) is 0. The van der Waals surface area contributed by atoms with Gasteiger partial charge in [0.15, 0.2) is 6.10 Å². The van der Waals surface area contributed by atoms with E-state index in [9.17, 15) is 4.79 Å². The maximum atomic E-state index is 11.1. The molecule has 1 fully saturated rings. The SMILES string of the molecule is COC(=O)[C@@H]1O[C@H]1c1ccc(Cl)cc1. The predicted octanol–water partition coefficient (Wildman–Crippen LogP) is 1.95. The van der Waals surface area contributed by atoms with Gasteiger partial charge in [0.2, 0.25) is 0 Å². The molecule has 0 bridgehead atoms. The quantitative estimate of drug-likeness (QED) is 0.556. The molecule has 2 atom stereocenters. The lowest BCUT2D eigenvalue weighted by atomic mass is 10.1. The van der Waals surface area contributed by atoms with Crippen molar-refractivity contribution in [3.8, 4) is 0 Å². The Morgan fingerprint density at radius 2 is 2.07 bits per heavy atom. The topological polar surface area (TPSA) is 38.8 Å². The fourth-order valence-electron chi connectivity index (χ4n) is 1.31. The minimum absolute atomic E-state index is 0.167. The van der Waals surface area contributed by atoms with Gasteiger partial charge in [0.25, 0.3) is 0 Å². The lowest BCUT2D eigenvalue weighted by molar-refractivity contribution is -0.142. The van der Waals surface area contributed by atoms with Gasteiger partial charge in [0.05, 0.1) is 7.11 Å². The zero-order valence-corrected chi connectivity index (χ0v) is 8.32. The van der Waals surface area contributed by atoms with Crippen LogP contribution < -0.4 is 0 Å². The van der Waals surface area contributed by atoms with Gasteiger partial charge in [-0.25, -0.2) is 4.79 Å². The molecule has 2 rings (SSSR count). The molecule has 0 spiro atoms.